The van der Waals surface area contributed by atoms with Gasteiger partial charge in [0.25, 0.3) is 0 Å². The van der Waals surface area contributed by atoms with Crippen LogP contribution in [0.5, 0.6) is 5.75 Å². The Labute approximate surface area is 154 Å². The highest BCUT2D eigenvalue weighted by atomic mass is 16.7. The average Bonchev–Trinajstić information content (AvgIpc) is 2.67. The molecule has 26 heavy (non-hydrogen) atoms. The Morgan fingerprint density at radius 2 is 1.65 bits per heavy atom. The van der Waals surface area contributed by atoms with E-state index in [-0.39, 0.29) is 0 Å². The van der Waals surface area contributed by atoms with E-state index >= 15 is 0 Å². The molecular formula is C23H26O3. The quantitative estimate of drug-likeness (QED) is 0.222. The second kappa shape index (κ2) is 8.22. The van der Waals surface area contributed by atoms with Gasteiger partial charge >= 0.3 is 6.16 Å². The molecule has 3 aromatic rings. The summed E-state index contributed by atoms with van der Waals surface area (Å²) >= 11 is 0. The van der Waals surface area contributed by atoms with E-state index in [1.165, 1.54) is 11.1 Å². The van der Waals surface area contributed by atoms with E-state index in [4.69, 9.17) is 9.47 Å². The summed E-state index contributed by atoms with van der Waals surface area (Å²) in [4.78, 5) is 12.3. The van der Waals surface area contributed by atoms with Gasteiger partial charge < -0.3 is 9.47 Å². The van der Waals surface area contributed by atoms with Crippen LogP contribution in [-0.4, -0.2) is 12.8 Å². The molecule has 0 fully saturated rings. The number of carbonyl (C=O) groups is 1. The topological polar surface area (TPSA) is 35.5 Å². The summed E-state index contributed by atoms with van der Waals surface area (Å²) in [6, 6.07) is 14.6. The molecule has 0 spiro atoms. The third kappa shape index (κ3) is 3.52. The van der Waals surface area contributed by atoms with Gasteiger partial charge in [-0.3, -0.25) is 0 Å². The van der Waals surface area contributed by atoms with E-state index in [2.05, 4.69) is 51.1 Å². The summed E-state index contributed by atoms with van der Waals surface area (Å²) in [5.41, 5.74) is 2.41. The highest BCUT2D eigenvalue weighted by Crippen LogP contribution is 2.38. The lowest BCUT2D eigenvalue weighted by molar-refractivity contribution is 0.0988. The first kappa shape index (κ1) is 18.2. The molecule has 0 atom stereocenters. The molecule has 3 heteroatoms. The SMILES string of the molecule is CCCCOC(=O)Oc1c2cccc(CC)c2cc2cccc(CC)c12. The molecule has 0 unspecified atom stereocenters. The van der Waals surface area contributed by atoms with Crippen LogP contribution in [0.25, 0.3) is 21.5 Å². The van der Waals surface area contributed by atoms with Crippen molar-refractivity contribution in [2.45, 2.75) is 46.5 Å². The van der Waals surface area contributed by atoms with Crippen LogP contribution in [0, 0.1) is 0 Å². The maximum atomic E-state index is 12.3. The number of aryl methyl sites for hydroxylation is 2. The molecule has 0 saturated heterocycles. The molecule has 0 aromatic heterocycles. The van der Waals surface area contributed by atoms with Crippen LogP contribution in [0.3, 0.4) is 0 Å². The van der Waals surface area contributed by atoms with Gasteiger partial charge in [-0.15, -0.1) is 0 Å². The summed E-state index contributed by atoms with van der Waals surface area (Å²) in [6.45, 7) is 6.71. The number of fused-ring (bicyclic) bond motifs is 2. The molecule has 0 aliphatic carbocycles. The number of hydrogen-bond acceptors (Lipinski definition) is 3. The third-order valence-corrected chi connectivity index (χ3v) is 4.82. The number of carbonyl (C=O) groups excluding carboxylic acids is 1. The highest BCUT2D eigenvalue weighted by Gasteiger charge is 2.17. The molecule has 3 aromatic carbocycles. The Morgan fingerprint density at radius 1 is 0.923 bits per heavy atom. The first-order valence-electron chi connectivity index (χ1n) is 9.50. The van der Waals surface area contributed by atoms with Crippen molar-refractivity contribution in [3.05, 3.63) is 53.6 Å². The fraction of sp³-hybridized carbons (Fsp3) is 0.348. The van der Waals surface area contributed by atoms with Gasteiger partial charge in [0.15, 0.2) is 0 Å². The van der Waals surface area contributed by atoms with E-state index in [9.17, 15) is 4.79 Å². The maximum Gasteiger partial charge on any atom is 0.513 e. The van der Waals surface area contributed by atoms with Crippen LogP contribution >= 0.6 is 0 Å². The van der Waals surface area contributed by atoms with Gasteiger partial charge in [0.1, 0.15) is 5.75 Å². The predicted octanol–water partition coefficient (Wildman–Crippen LogP) is 6.43. The minimum Gasteiger partial charge on any atom is -0.434 e. The van der Waals surface area contributed by atoms with Crippen LogP contribution in [0.15, 0.2) is 42.5 Å². The molecule has 0 aliphatic heterocycles. The van der Waals surface area contributed by atoms with Crippen molar-refractivity contribution in [2.24, 2.45) is 0 Å². The molecule has 0 saturated carbocycles. The Balaban J connectivity index is 2.19. The molecule has 0 heterocycles. The summed E-state index contributed by atoms with van der Waals surface area (Å²) in [7, 11) is 0. The zero-order valence-electron chi connectivity index (χ0n) is 15.8. The van der Waals surface area contributed by atoms with E-state index < -0.39 is 6.16 Å². The Hall–Kier alpha value is -2.55. The van der Waals surface area contributed by atoms with Gasteiger partial charge in [0, 0.05) is 10.8 Å². The van der Waals surface area contributed by atoms with Crippen LogP contribution in [0.2, 0.25) is 0 Å². The minimum atomic E-state index is -0.625. The van der Waals surface area contributed by atoms with Crippen molar-refractivity contribution in [1.82, 2.24) is 0 Å². The Kier molecular flexibility index (Phi) is 5.77. The first-order chi connectivity index (χ1) is 12.7. The van der Waals surface area contributed by atoms with Crippen molar-refractivity contribution in [1.29, 1.82) is 0 Å². The highest BCUT2D eigenvalue weighted by molar-refractivity contribution is 6.08. The largest absolute Gasteiger partial charge is 0.513 e. The van der Waals surface area contributed by atoms with Gasteiger partial charge in [-0.2, -0.15) is 0 Å². The second-order valence-electron chi connectivity index (χ2n) is 6.49. The molecule has 136 valence electrons. The van der Waals surface area contributed by atoms with E-state index in [0.29, 0.717) is 12.4 Å². The van der Waals surface area contributed by atoms with Crippen LogP contribution in [0.4, 0.5) is 4.79 Å². The number of rotatable bonds is 6. The first-order valence-corrected chi connectivity index (χ1v) is 9.50. The van der Waals surface area contributed by atoms with Crippen molar-refractivity contribution < 1.29 is 14.3 Å². The lowest BCUT2D eigenvalue weighted by atomic mass is 9.94. The normalized spacial score (nSPS) is 11.0. The summed E-state index contributed by atoms with van der Waals surface area (Å²) in [5.74, 6) is 0.617. The molecule has 0 aliphatic rings. The van der Waals surface area contributed by atoms with Crippen molar-refractivity contribution in [2.75, 3.05) is 6.61 Å². The number of hydrogen-bond donors (Lipinski definition) is 0. The fourth-order valence-electron chi connectivity index (χ4n) is 3.41. The van der Waals surface area contributed by atoms with Crippen molar-refractivity contribution in [3.8, 4) is 5.75 Å². The lowest BCUT2D eigenvalue weighted by Gasteiger charge is -2.16. The third-order valence-electron chi connectivity index (χ3n) is 4.82. The lowest BCUT2D eigenvalue weighted by Crippen LogP contribution is -2.12. The molecule has 0 amide bonds. The zero-order chi connectivity index (χ0) is 18.5. The van der Waals surface area contributed by atoms with Crippen molar-refractivity contribution in [3.63, 3.8) is 0 Å². The summed E-state index contributed by atoms with van der Waals surface area (Å²) < 4.78 is 11.0. The van der Waals surface area contributed by atoms with Crippen LogP contribution < -0.4 is 4.74 Å². The van der Waals surface area contributed by atoms with Gasteiger partial charge in [-0.25, -0.2) is 4.79 Å². The van der Waals surface area contributed by atoms with Gasteiger partial charge in [0.2, 0.25) is 0 Å². The van der Waals surface area contributed by atoms with Gasteiger partial charge in [0.05, 0.1) is 6.61 Å². The molecule has 3 rings (SSSR count). The maximum absolute atomic E-state index is 12.3. The predicted molar refractivity (Wildman–Crippen MR) is 107 cm³/mol. The van der Waals surface area contributed by atoms with E-state index in [1.54, 1.807) is 0 Å². The monoisotopic (exact) mass is 350 g/mol. The number of ether oxygens (including phenoxy) is 2. The summed E-state index contributed by atoms with van der Waals surface area (Å²) in [6.07, 6.45) is 2.99. The minimum absolute atomic E-state index is 0.388. The molecule has 0 bridgehead atoms. The average molecular weight is 350 g/mol. The molecule has 3 nitrogen and oxygen atoms in total. The zero-order valence-corrected chi connectivity index (χ0v) is 15.8. The molecule has 0 radical (unpaired) electrons. The van der Waals surface area contributed by atoms with E-state index in [0.717, 1.165) is 47.2 Å². The second-order valence-corrected chi connectivity index (χ2v) is 6.49. The van der Waals surface area contributed by atoms with E-state index in [1.807, 2.05) is 12.1 Å². The summed E-state index contributed by atoms with van der Waals surface area (Å²) in [5, 5.41) is 4.19. The van der Waals surface area contributed by atoms with Crippen LogP contribution in [0.1, 0.15) is 44.7 Å². The van der Waals surface area contributed by atoms with Crippen LogP contribution in [-0.2, 0) is 17.6 Å². The number of benzene rings is 3. The van der Waals surface area contributed by atoms with Gasteiger partial charge in [-0.1, -0.05) is 63.6 Å². The van der Waals surface area contributed by atoms with Crippen molar-refractivity contribution >= 4 is 27.7 Å². The standard InChI is InChI=1S/C23H26O3/c1-4-7-14-25-23(24)26-22-19-13-9-10-16(5-2)20(19)15-18-12-8-11-17(6-3)21(18)22/h8-13,15H,4-7,14H2,1-3H3. The Morgan fingerprint density at radius 3 is 2.38 bits per heavy atom. The number of unbranched alkanes of at least 4 members (excludes halogenated alkanes) is 1. The smallest absolute Gasteiger partial charge is 0.434 e. The molecule has 0 N–H and O–H groups in total. The fourth-order valence-corrected chi connectivity index (χ4v) is 3.41. The molecular weight excluding hydrogens is 324 g/mol. The van der Waals surface area contributed by atoms with Gasteiger partial charge in [-0.05, 0) is 47.2 Å². The Bertz CT molecular complexity index is 928.